The third-order valence-electron chi connectivity index (χ3n) is 3.71. The number of rotatable bonds is 4. The second kappa shape index (κ2) is 6.50. The fourth-order valence-electron chi connectivity index (χ4n) is 2.62. The maximum Gasteiger partial charge on any atom is 0.153 e. The zero-order chi connectivity index (χ0) is 14.8. The van der Waals surface area contributed by atoms with Crippen LogP contribution in [0.2, 0.25) is 0 Å². The summed E-state index contributed by atoms with van der Waals surface area (Å²) in [6, 6.07) is 2.19. The SMILES string of the molecule is Fc1cc(F)c2nc(CCl)n(CCN3CCSCC3)c2c1. The average molecular weight is 332 g/mol. The van der Waals surface area contributed by atoms with Crippen molar-refractivity contribution in [3.05, 3.63) is 29.6 Å². The van der Waals surface area contributed by atoms with Crippen LogP contribution < -0.4 is 0 Å². The van der Waals surface area contributed by atoms with Gasteiger partial charge in [0.05, 0.1) is 11.4 Å². The summed E-state index contributed by atoms with van der Waals surface area (Å²) in [7, 11) is 0. The number of nitrogens with zero attached hydrogens (tertiary/aromatic N) is 3. The van der Waals surface area contributed by atoms with Crippen LogP contribution in [-0.4, -0.2) is 45.6 Å². The molecule has 3 nitrogen and oxygen atoms in total. The van der Waals surface area contributed by atoms with Crippen molar-refractivity contribution in [2.75, 3.05) is 31.1 Å². The monoisotopic (exact) mass is 331 g/mol. The average Bonchev–Trinajstić information content (AvgIpc) is 2.84. The zero-order valence-corrected chi connectivity index (χ0v) is 13.1. The van der Waals surface area contributed by atoms with Gasteiger partial charge in [0, 0.05) is 43.8 Å². The summed E-state index contributed by atoms with van der Waals surface area (Å²) in [6.45, 7) is 3.59. The van der Waals surface area contributed by atoms with Crippen LogP contribution in [0.5, 0.6) is 0 Å². The second-order valence-corrected chi connectivity index (χ2v) is 6.51. The van der Waals surface area contributed by atoms with Crippen molar-refractivity contribution in [2.45, 2.75) is 12.4 Å². The highest BCUT2D eigenvalue weighted by Gasteiger charge is 2.16. The quantitative estimate of drug-likeness (QED) is 0.803. The molecule has 0 unspecified atom stereocenters. The minimum Gasteiger partial charge on any atom is -0.326 e. The van der Waals surface area contributed by atoms with Crippen LogP contribution in [0.1, 0.15) is 5.82 Å². The molecule has 0 saturated carbocycles. The minimum atomic E-state index is -0.635. The van der Waals surface area contributed by atoms with Gasteiger partial charge in [-0.2, -0.15) is 11.8 Å². The number of halogens is 3. The Morgan fingerprint density at radius 3 is 2.67 bits per heavy atom. The molecule has 7 heteroatoms. The summed E-state index contributed by atoms with van der Waals surface area (Å²) in [5, 5.41) is 0. The molecule has 0 amide bonds. The van der Waals surface area contributed by atoms with Gasteiger partial charge in [-0.25, -0.2) is 13.8 Å². The van der Waals surface area contributed by atoms with E-state index in [-0.39, 0.29) is 11.4 Å². The fourth-order valence-corrected chi connectivity index (χ4v) is 3.80. The number of fused-ring (bicyclic) bond motifs is 1. The van der Waals surface area contributed by atoms with E-state index in [1.165, 1.54) is 6.07 Å². The molecule has 1 aromatic heterocycles. The van der Waals surface area contributed by atoms with E-state index in [2.05, 4.69) is 9.88 Å². The molecule has 1 fully saturated rings. The van der Waals surface area contributed by atoms with Crippen molar-refractivity contribution in [3.63, 3.8) is 0 Å². The molecule has 2 heterocycles. The first-order chi connectivity index (χ1) is 10.2. The van der Waals surface area contributed by atoms with Gasteiger partial charge in [-0.15, -0.1) is 11.6 Å². The maximum atomic E-state index is 13.8. The highest BCUT2D eigenvalue weighted by Crippen LogP contribution is 2.22. The zero-order valence-electron chi connectivity index (χ0n) is 11.5. The lowest BCUT2D eigenvalue weighted by Gasteiger charge is -2.26. The Kier molecular flexibility index (Phi) is 4.66. The van der Waals surface area contributed by atoms with Crippen LogP contribution >= 0.6 is 23.4 Å². The molecule has 1 saturated heterocycles. The Hall–Kier alpha value is -0.850. The van der Waals surface area contributed by atoms with Crippen molar-refractivity contribution in [1.29, 1.82) is 0 Å². The highest BCUT2D eigenvalue weighted by molar-refractivity contribution is 7.99. The molecular formula is C14H16ClF2N3S. The highest BCUT2D eigenvalue weighted by atomic mass is 35.5. The number of aromatic nitrogens is 2. The molecule has 114 valence electrons. The van der Waals surface area contributed by atoms with E-state index in [0.29, 0.717) is 17.9 Å². The number of alkyl halides is 1. The summed E-state index contributed by atoms with van der Waals surface area (Å²) < 4.78 is 29.1. The Morgan fingerprint density at radius 1 is 1.19 bits per heavy atom. The van der Waals surface area contributed by atoms with Crippen molar-refractivity contribution < 1.29 is 8.78 Å². The Labute approximate surface area is 131 Å². The number of benzene rings is 1. The molecule has 1 aliphatic rings. The van der Waals surface area contributed by atoms with E-state index in [9.17, 15) is 8.78 Å². The van der Waals surface area contributed by atoms with Gasteiger partial charge >= 0.3 is 0 Å². The summed E-state index contributed by atoms with van der Waals surface area (Å²) in [4.78, 5) is 6.56. The van der Waals surface area contributed by atoms with Gasteiger partial charge in [0.2, 0.25) is 0 Å². The van der Waals surface area contributed by atoms with E-state index in [0.717, 1.165) is 37.2 Å². The first kappa shape index (κ1) is 15.1. The van der Waals surface area contributed by atoms with Crippen LogP contribution in [-0.2, 0) is 12.4 Å². The van der Waals surface area contributed by atoms with E-state index in [4.69, 9.17) is 11.6 Å². The predicted octanol–water partition coefficient (Wildman–Crippen LogP) is 3.10. The topological polar surface area (TPSA) is 21.1 Å². The maximum absolute atomic E-state index is 13.8. The molecule has 21 heavy (non-hydrogen) atoms. The summed E-state index contributed by atoms with van der Waals surface area (Å²) >= 11 is 7.86. The van der Waals surface area contributed by atoms with Gasteiger partial charge in [-0.3, -0.25) is 4.90 Å². The molecule has 0 bridgehead atoms. The smallest absolute Gasteiger partial charge is 0.153 e. The Balaban J connectivity index is 1.88. The number of hydrogen-bond donors (Lipinski definition) is 0. The molecule has 1 aliphatic heterocycles. The van der Waals surface area contributed by atoms with Crippen LogP contribution in [0, 0.1) is 11.6 Å². The summed E-state index contributed by atoms with van der Waals surface area (Å²) in [5.41, 5.74) is 0.677. The minimum absolute atomic E-state index is 0.186. The largest absolute Gasteiger partial charge is 0.326 e. The molecule has 0 atom stereocenters. The normalized spacial score (nSPS) is 16.7. The molecule has 1 aromatic carbocycles. The first-order valence-corrected chi connectivity index (χ1v) is 8.58. The number of hydrogen-bond acceptors (Lipinski definition) is 3. The molecular weight excluding hydrogens is 316 g/mol. The standard InChI is InChI=1S/C14H16ClF2N3S/c15-9-13-18-14-11(17)7-10(16)8-12(14)20(13)2-1-19-3-5-21-6-4-19/h7-8H,1-6,9H2. The molecule has 0 radical (unpaired) electrons. The molecule has 0 spiro atoms. The van der Waals surface area contributed by atoms with Gasteiger partial charge in [-0.1, -0.05) is 0 Å². The van der Waals surface area contributed by atoms with Crippen molar-refractivity contribution in [1.82, 2.24) is 14.5 Å². The predicted molar refractivity (Wildman–Crippen MR) is 83.0 cm³/mol. The Bertz CT molecular complexity index is 641. The van der Waals surface area contributed by atoms with Crippen LogP contribution in [0.25, 0.3) is 11.0 Å². The fraction of sp³-hybridized carbons (Fsp3) is 0.500. The Morgan fingerprint density at radius 2 is 1.95 bits per heavy atom. The van der Waals surface area contributed by atoms with Gasteiger partial charge in [-0.05, 0) is 6.07 Å². The van der Waals surface area contributed by atoms with E-state index in [1.807, 2.05) is 16.3 Å². The first-order valence-electron chi connectivity index (χ1n) is 6.89. The lowest BCUT2D eigenvalue weighted by Crippen LogP contribution is -2.35. The molecule has 3 rings (SSSR count). The summed E-state index contributed by atoms with van der Waals surface area (Å²) in [5.74, 6) is 1.82. The molecule has 0 aliphatic carbocycles. The second-order valence-electron chi connectivity index (χ2n) is 5.02. The van der Waals surface area contributed by atoms with Crippen molar-refractivity contribution in [2.24, 2.45) is 0 Å². The number of thioether (sulfide) groups is 1. The van der Waals surface area contributed by atoms with Gasteiger partial charge in [0.15, 0.2) is 5.82 Å². The molecule has 0 N–H and O–H groups in total. The van der Waals surface area contributed by atoms with E-state index in [1.54, 1.807) is 0 Å². The lowest BCUT2D eigenvalue weighted by atomic mass is 10.3. The van der Waals surface area contributed by atoms with Crippen molar-refractivity contribution in [3.8, 4) is 0 Å². The third-order valence-corrected chi connectivity index (χ3v) is 4.90. The van der Waals surface area contributed by atoms with Crippen LogP contribution in [0.15, 0.2) is 12.1 Å². The molecule has 2 aromatic rings. The lowest BCUT2D eigenvalue weighted by molar-refractivity contribution is 0.290. The van der Waals surface area contributed by atoms with Gasteiger partial charge in [0.1, 0.15) is 17.2 Å². The number of imidazole rings is 1. The van der Waals surface area contributed by atoms with Crippen LogP contribution in [0.4, 0.5) is 8.78 Å². The van der Waals surface area contributed by atoms with Crippen LogP contribution in [0.3, 0.4) is 0 Å². The third kappa shape index (κ3) is 3.17. The van der Waals surface area contributed by atoms with Crippen molar-refractivity contribution >= 4 is 34.4 Å². The van der Waals surface area contributed by atoms with E-state index >= 15 is 0 Å². The summed E-state index contributed by atoms with van der Waals surface area (Å²) in [6.07, 6.45) is 0. The van der Waals surface area contributed by atoms with E-state index < -0.39 is 11.6 Å². The van der Waals surface area contributed by atoms with Gasteiger partial charge < -0.3 is 4.57 Å². The van der Waals surface area contributed by atoms with Gasteiger partial charge in [0.25, 0.3) is 0 Å².